The fraction of sp³-hybridized carbons (Fsp3) is 0.929. The van der Waals surface area contributed by atoms with E-state index in [2.05, 4.69) is 12.2 Å². The third-order valence-electron chi connectivity index (χ3n) is 3.52. The number of rotatable bonds is 8. The predicted octanol–water partition coefficient (Wildman–Crippen LogP) is 0.0550. The molecular formula is C14H27NO6. The van der Waals surface area contributed by atoms with Crippen molar-refractivity contribution in [3.63, 3.8) is 0 Å². The van der Waals surface area contributed by atoms with Crippen molar-refractivity contribution in [1.29, 1.82) is 0 Å². The number of carbonyl (C=O) groups excluding carboxylic acids is 1. The predicted molar refractivity (Wildman–Crippen MR) is 75.8 cm³/mol. The highest BCUT2D eigenvalue weighted by atomic mass is 16.7. The molecule has 0 aromatic heterocycles. The monoisotopic (exact) mass is 305 g/mol. The molecule has 0 spiro atoms. The Morgan fingerprint density at radius 2 is 1.95 bits per heavy atom. The van der Waals surface area contributed by atoms with Crippen LogP contribution >= 0.6 is 0 Å². The fourth-order valence-electron chi connectivity index (χ4n) is 2.49. The molecule has 1 aliphatic rings. The van der Waals surface area contributed by atoms with Crippen molar-refractivity contribution in [2.75, 3.05) is 27.4 Å². The van der Waals surface area contributed by atoms with Gasteiger partial charge in [0, 0.05) is 27.8 Å². The molecule has 0 unspecified atom stereocenters. The summed E-state index contributed by atoms with van der Waals surface area (Å²) in [4.78, 5) is 11.4. The van der Waals surface area contributed by atoms with Crippen LogP contribution < -0.4 is 5.32 Å². The largest absolute Gasteiger partial charge is 0.394 e. The summed E-state index contributed by atoms with van der Waals surface area (Å²) in [7, 11) is 3.06. The number of unbranched alkanes of at least 4 members (excludes halogenated alkanes) is 1. The van der Waals surface area contributed by atoms with Crippen molar-refractivity contribution in [1.82, 2.24) is 5.32 Å². The van der Waals surface area contributed by atoms with Crippen LogP contribution in [-0.2, 0) is 23.7 Å². The van der Waals surface area contributed by atoms with Gasteiger partial charge >= 0.3 is 0 Å². The summed E-state index contributed by atoms with van der Waals surface area (Å²) in [5.41, 5.74) is 0. The van der Waals surface area contributed by atoms with Gasteiger partial charge in [-0.3, -0.25) is 4.79 Å². The smallest absolute Gasteiger partial charge is 0.217 e. The quantitative estimate of drug-likeness (QED) is 0.617. The van der Waals surface area contributed by atoms with Crippen LogP contribution in [0.1, 0.15) is 26.7 Å². The fourth-order valence-corrected chi connectivity index (χ4v) is 2.49. The molecule has 1 rings (SSSR count). The summed E-state index contributed by atoms with van der Waals surface area (Å²) in [5.74, 6) is -0.202. The molecule has 124 valence electrons. The van der Waals surface area contributed by atoms with Gasteiger partial charge in [0.1, 0.15) is 24.4 Å². The van der Waals surface area contributed by atoms with Crippen molar-refractivity contribution in [3.05, 3.63) is 0 Å². The number of aliphatic hydroxyl groups is 1. The van der Waals surface area contributed by atoms with E-state index in [4.69, 9.17) is 18.9 Å². The summed E-state index contributed by atoms with van der Waals surface area (Å²) in [6.45, 7) is 3.80. The maximum atomic E-state index is 11.4. The second kappa shape index (κ2) is 9.32. The van der Waals surface area contributed by atoms with Crippen LogP contribution in [0, 0.1) is 0 Å². The van der Waals surface area contributed by atoms with E-state index in [1.807, 2.05) is 0 Å². The average Bonchev–Trinajstić information content (AvgIpc) is 2.47. The van der Waals surface area contributed by atoms with Gasteiger partial charge < -0.3 is 29.4 Å². The number of hydrogen-bond acceptors (Lipinski definition) is 6. The molecule has 7 nitrogen and oxygen atoms in total. The van der Waals surface area contributed by atoms with Gasteiger partial charge in [0.15, 0.2) is 6.29 Å². The van der Waals surface area contributed by atoms with Crippen molar-refractivity contribution in [3.8, 4) is 0 Å². The minimum atomic E-state index is -0.672. The zero-order chi connectivity index (χ0) is 15.8. The number of amides is 1. The standard InChI is InChI=1S/C14H27NO6/c1-5-6-7-20-14-11(15-9(2)17)13(19-4)12(18-3)10(8-16)21-14/h10-14,16H,5-8H2,1-4H3,(H,15,17)/t10-,11-,12-,13-,14-/m1/s1. The molecule has 0 aliphatic carbocycles. The summed E-state index contributed by atoms with van der Waals surface area (Å²) in [6.07, 6.45) is -0.290. The van der Waals surface area contributed by atoms with Crippen LogP contribution in [0.4, 0.5) is 0 Å². The first-order valence-corrected chi connectivity index (χ1v) is 7.29. The van der Waals surface area contributed by atoms with Gasteiger partial charge in [-0.05, 0) is 6.42 Å². The molecule has 0 aromatic carbocycles. The second-order valence-electron chi connectivity index (χ2n) is 5.08. The summed E-state index contributed by atoms with van der Waals surface area (Å²) >= 11 is 0. The Bertz CT molecular complexity index is 314. The number of nitrogens with one attached hydrogen (secondary N) is 1. The van der Waals surface area contributed by atoms with Crippen LogP contribution in [0.15, 0.2) is 0 Å². The Hall–Kier alpha value is -0.730. The number of ether oxygens (including phenoxy) is 4. The van der Waals surface area contributed by atoms with E-state index >= 15 is 0 Å². The van der Waals surface area contributed by atoms with Gasteiger partial charge in [0.2, 0.25) is 5.91 Å². The lowest BCUT2D eigenvalue weighted by molar-refractivity contribution is -0.278. The zero-order valence-corrected chi connectivity index (χ0v) is 13.2. The molecule has 0 radical (unpaired) electrons. The second-order valence-corrected chi connectivity index (χ2v) is 5.08. The van der Waals surface area contributed by atoms with Crippen molar-refractivity contribution in [2.45, 2.75) is 57.3 Å². The Labute approximate surface area is 125 Å². The first kappa shape index (κ1) is 18.3. The van der Waals surface area contributed by atoms with E-state index < -0.39 is 30.6 Å². The molecule has 21 heavy (non-hydrogen) atoms. The van der Waals surface area contributed by atoms with Crippen molar-refractivity contribution >= 4 is 5.91 Å². The molecule has 0 saturated carbocycles. The summed E-state index contributed by atoms with van der Waals surface area (Å²) in [6, 6.07) is -0.489. The molecule has 0 aromatic rings. The van der Waals surface area contributed by atoms with Gasteiger partial charge in [-0.2, -0.15) is 0 Å². The van der Waals surface area contributed by atoms with Gasteiger partial charge in [0.05, 0.1) is 6.61 Å². The lowest BCUT2D eigenvalue weighted by Gasteiger charge is -2.45. The van der Waals surface area contributed by atoms with E-state index in [9.17, 15) is 9.90 Å². The Kier molecular flexibility index (Phi) is 8.13. The van der Waals surface area contributed by atoms with E-state index in [0.717, 1.165) is 12.8 Å². The van der Waals surface area contributed by atoms with Crippen LogP contribution in [0.2, 0.25) is 0 Å². The summed E-state index contributed by atoms with van der Waals surface area (Å²) < 4.78 is 22.3. The maximum Gasteiger partial charge on any atom is 0.217 e. The SMILES string of the molecule is CCCCO[C@@H]1O[C@H](CO)[C@@H](OC)[C@H](OC)[C@H]1NC(C)=O. The highest BCUT2D eigenvalue weighted by Gasteiger charge is 2.47. The number of carbonyl (C=O) groups is 1. The molecule has 1 heterocycles. The van der Waals surface area contributed by atoms with Crippen LogP contribution in [0.5, 0.6) is 0 Å². The van der Waals surface area contributed by atoms with E-state index in [-0.39, 0.29) is 12.5 Å². The highest BCUT2D eigenvalue weighted by molar-refractivity contribution is 5.73. The molecule has 1 amide bonds. The first-order chi connectivity index (χ1) is 10.1. The lowest BCUT2D eigenvalue weighted by Crippen LogP contribution is -2.65. The Balaban J connectivity index is 2.87. The molecule has 7 heteroatoms. The van der Waals surface area contributed by atoms with E-state index in [1.165, 1.54) is 21.1 Å². The molecule has 1 saturated heterocycles. The number of aliphatic hydroxyl groups excluding tert-OH is 1. The zero-order valence-electron chi connectivity index (χ0n) is 13.2. The minimum absolute atomic E-state index is 0.202. The van der Waals surface area contributed by atoms with Crippen molar-refractivity contribution in [2.24, 2.45) is 0 Å². The third-order valence-corrected chi connectivity index (χ3v) is 3.52. The Morgan fingerprint density at radius 1 is 1.29 bits per heavy atom. The van der Waals surface area contributed by atoms with Crippen LogP contribution in [0.25, 0.3) is 0 Å². The van der Waals surface area contributed by atoms with Crippen molar-refractivity contribution < 1.29 is 28.8 Å². The molecular weight excluding hydrogens is 278 g/mol. The van der Waals surface area contributed by atoms with Gasteiger partial charge in [-0.15, -0.1) is 0 Å². The van der Waals surface area contributed by atoms with Crippen LogP contribution in [-0.4, -0.2) is 69.1 Å². The molecule has 1 aliphatic heterocycles. The third kappa shape index (κ3) is 4.89. The normalized spacial score (nSPS) is 32.9. The lowest BCUT2D eigenvalue weighted by atomic mass is 9.96. The first-order valence-electron chi connectivity index (χ1n) is 7.29. The van der Waals surface area contributed by atoms with Gasteiger partial charge in [0.25, 0.3) is 0 Å². The van der Waals surface area contributed by atoms with E-state index in [1.54, 1.807) is 0 Å². The van der Waals surface area contributed by atoms with Crippen LogP contribution in [0.3, 0.4) is 0 Å². The molecule has 2 N–H and O–H groups in total. The van der Waals surface area contributed by atoms with Gasteiger partial charge in [-0.1, -0.05) is 13.3 Å². The molecule has 1 fully saturated rings. The average molecular weight is 305 g/mol. The van der Waals surface area contributed by atoms with Gasteiger partial charge in [-0.25, -0.2) is 0 Å². The number of methoxy groups -OCH3 is 2. The highest BCUT2D eigenvalue weighted by Crippen LogP contribution is 2.26. The molecule has 0 bridgehead atoms. The topological polar surface area (TPSA) is 86.2 Å². The molecule has 5 atom stereocenters. The summed E-state index contributed by atoms with van der Waals surface area (Å²) in [5, 5.41) is 12.3. The Morgan fingerprint density at radius 3 is 2.43 bits per heavy atom. The minimum Gasteiger partial charge on any atom is -0.394 e. The number of hydrogen-bond donors (Lipinski definition) is 2. The van der Waals surface area contributed by atoms with E-state index in [0.29, 0.717) is 6.61 Å². The maximum absolute atomic E-state index is 11.4.